The Hall–Kier alpha value is -2.35. The Morgan fingerprint density at radius 2 is 2.07 bits per heavy atom. The zero-order valence-corrected chi connectivity index (χ0v) is 14.6. The lowest BCUT2D eigenvalue weighted by Gasteiger charge is -2.23. The number of hydrogen-bond acceptors (Lipinski definition) is 3. The lowest BCUT2D eigenvalue weighted by Crippen LogP contribution is -2.35. The summed E-state index contributed by atoms with van der Waals surface area (Å²) in [7, 11) is 0. The number of rotatable bonds is 4. The largest absolute Gasteiger partial charge is 0.481 e. The smallest absolute Gasteiger partial charge is 0.416 e. The van der Waals surface area contributed by atoms with E-state index in [0.29, 0.717) is 30.8 Å². The topological polar surface area (TPSA) is 69.2 Å². The molecule has 1 aromatic carbocycles. The Labute approximate surface area is 154 Å². The first-order chi connectivity index (χ1) is 12.8. The quantitative estimate of drug-likeness (QED) is 0.848. The summed E-state index contributed by atoms with van der Waals surface area (Å²) < 4.78 is 38.3. The number of alkyl halides is 3. The van der Waals surface area contributed by atoms with Gasteiger partial charge in [-0.3, -0.25) is 14.8 Å². The third-order valence-corrected chi connectivity index (χ3v) is 5.98. The summed E-state index contributed by atoms with van der Waals surface area (Å²) >= 11 is 0. The number of carboxylic acids is 1. The summed E-state index contributed by atoms with van der Waals surface area (Å²) in [5.74, 6) is -0.556. The normalized spacial score (nSPS) is 25.7. The minimum Gasteiger partial charge on any atom is -0.481 e. The highest BCUT2D eigenvalue weighted by molar-refractivity contribution is 5.76. The van der Waals surface area contributed by atoms with Gasteiger partial charge in [0.15, 0.2) is 0 Å². The maximum atomic E-state index is 12.8. The molecule has 1 aromatic heterocycles. The van der Waals surface area contributed by atoms with Crippen molar-refractivity contribution in [2.45, 2.75) is 32.0 Å². The molecule has 2 heterocycles. The van der Waals surface area contributed by atoms with Crippen molar-refractivity contribution in [3.05, 3.63) is 41.6 Å². The van der Waals surface area contributed by atoms with Crippen molar-refractivity contribution in [3.8, 4) is 11.3 Å². The predicted molar refractivity (Wildman–Crippen MR) is 91.7 cm³/mol. The van der Waals surface area contributed by atoms with Gasteiger partial charge in [0.05, 0.1) is 22.9 Å². The SMILES string of the molecule is O=C(O)[C@@]12CCC[C@H]1CN(Cc1cn[nH]c1-c1ccc(C(F)(F)F)cc1)C2. The van der Waals surface area contributed by atoms with Gasteiger partial charge in [0.2, 0.25) is 0 Å². The fourth-order valence-corrected chi connectivity index (χ4v) is 4.61. The molecule has 144 valence electrons. The highest BCUT2D eigenvalue weighted by Crippen LogP contribution is 2.49. The number of aromatic amines is 1. The summed E-state index contributed by atoms with van der Waals surface area (Å²) in [4.78, 5) is 13.9. The lowest BCUT2D eigenvalue weighted by atomic mass is 9.81. The molecular formula is C19H20F3N3O2. The Bertz CT molecular complexity index is 847. The molecule has 0 unspecified atom stereocenters. The molecule has 1 saturated heterocycles. The van der Waals surface area contributed by atoms with E-state index in [1.54, 1.807) is 6.20 Å². The molecule has 1 aliphatic carbocycles. The lowest BCUT2D eigenvalue weighted by molar-refractivity contribution is -0.149. The van der Waals surface area contributed by atoms with Crippen molar-refractivity contribution in [2.75, 3.05) is 13.1 Å². The van der Waals surface area contributed by atoms with Gasteiger partial charge in [0.1, 0.15) is 0 Å². The van der Waals surface area contributed by atoms with E-state index >= 15 is 0 Å². The molecule has 2 N–H and O–H groups in total. The van der Waals surface area contributed by atoms with E-state index in [-0.39, 0.29) is 5.92 Å². The number of fused-ring (bicyclic) bond motifs is 1. The molecular weight excluding hydrogens is 359 g/mol. The second-order valence-electron chi connectivity index (χ2n) is 7.57. The highest BCUT2D eigenvalue weighted by Gasteiger charge is 2.54. The predicted octanol–water partition coefficient (Wildman–Crippen LogP) is 3.78. The number of nitrogens with one attached hydrogen (secondary N) is 1. The van der Waals surface area contributed by atoms with Crippen LogP contribution in [0.25, 0.3) is 11.3 Å². The first kappa shape index (κ1) is 18.0. The van der Waals surface area contributed by atoms with Crippen molar-refractivity contribution >= 4 is 5.97 Å². The van der Waals surface area contributed by atoms with Crippen LogP contribution in [-0.2, 0) is 17.5 Å². The second-order valence-corrected chi connectivity index (χ2v) is 7.57. The van der Waals surface area contributed by atoms with Crippen LogP contribution in [0.4, 0.5) is 13.2 Å². The second kappa shape index (κ2) is 6.37. The van der Waals surface area contributed by atoms with E-state index < -0.39 is 23.1 Å². The van der Waals surface area contributed by atoms with Crippen molar-refractivity contribution in [1.29, 1.82) is 0 Å². The molecule has 2 atom stereocenters. The van der Waals surface area contributed by atoms with Crippen LogP contribution >= 0.6 is 0 Å². The standard InChI is InChI=1S/C19H20F3N3O2/c20-19(21,22)14-5-3-12(4-6-14)16-13(8-23-24-16)9-25-10-15-2-1-7-18(15,11-25)17(26)27/h3-6,8,15H,1-2,7,9-11H2,(H,23,24)(H,26,27)/t15-,18+/m0/s1. The van der Waals surface area contributed by atoms with Gasteiger partial charge in [0.25, 0.3) is 0 Å². The number of hydrogen-bond donors (Lipinski definition) is 2. The summed E-state index contributed by atoms with van der Waals surface area (Å²) in [6.07, 6.45) is -0.115. The fraction of sp³-hybridized carbons (Fsp3) is 0.474. The van der Waals surface area contributed by atoms with E-state index in [1.807, 2.05) is 0 Å². The fourth-order valence-electron chi connectivity index (χ4n) is 4.61. The summed E-state index contributed by atoms with van der Waals surface area (Å²) in [5, 5.41) is 16.6. The monoisotopic (exact) mass is 379 g/mol. The van der Waals surface area contributed by atoms with Crippen LogP contribution in [0.1, 0.15) is 30.4 Å². The van der Waals surface area contributed by atoms with Gasteiger partial charge >= 0.3 is 12.1 Å². The summed E-state index contributed by atoms with van der Waals surface area (Å²) in [5.41, 5.74) is 0.810. The van der Waals surface area contributed by atoms with Crippen molar-refractivity contribution in [1.82, 2.24) is 15.1 Å². The molecule has 1 saturated carbocycles. The first-order valence-electron chi connectivity index (χ1n) is 8.95. The number of carbonyl (C=O) groups is 1. The number of nitrogens with zero attached hydrogens (tertiary/aromatic N) is 2. The van der Waals surface area contributed by atoms with E-state index in [0.717, 1.165) is 37.1 Å². The minimum absolute atomic E-state index is 0.163. The Morgan fingerprint density at radius 1 is 1.33 bits per heavy atom. The van der Waals surface area contributed by atoms with Gasteiger partial charge in [-0.25, -0.2) is 0 Å². The maximum Gasteiger partial charge on any atom is 0.416 e. The Balaban J connectivity index is 1.53. The zero-order chi connectivity index (χ0) is 19.2. The molecule has 5 nitrogen and oxygen atoms in total. The van der Waals surface area contributed by atoms with Gasteiger partial charge in [-0.2, -0.15) is 18.3 Å². The van der Waals surface area contributed by atoms with E-state index in [9.17, 15) is 23.1 Å². The van der Waals surface area contributed by atoms with Crippen LogP contribution in [0.5, 0.6) is 0 Å². The van der Waals surface area contributed by atoms with Crippen molar-refractivity contribution in [3.63, 3.8) is 0 Å². The van der Waals surface area contributed by atoms with Crippen molar-refractivity contribution < 1.29 is 23.1 Å². The van der Waals surface area contributed by atoms with Gasteiger partial charge in [-0.15, -0.1) is 0 Å². The molecule has 2 aliphatic rings. The third-order valence-electron chi connectivity index (χ3n) is 5.98. The van der Waals surface area contributed by atoms with Crippen LogP contribution < -0.4 is 0 Å². The molecule has 8 heteroatoms. The number of aliphatic carboxylic acids is 1. The summed E-state index contributed by atoms with van der Waals surface area (Å²) in [6, 6.07) is 4.97. The van der Waals surface area contributed by atoms with Crippen LogP contribution in [-0.4, -0.2) is 39.3 Å². The Morgan fingerprint density at radius 3 is 2.70 bits per heavy atom. The number of benzene rings is 1. The van der Waals surface area contributed by atoms with Gasteiger partial charge in [0, 0.05) is 25.2 Å². The molecule has 2 aromatic rings. The third kappa shape index (κ3) is 3.12. The van der Waals surface area contributed by atoms with Gasteiger partial charge < -0.3 is 5.11 Å². The van der Waals surface area contributed by atoms with E-state index in [2.05, 4.69) is 15.1 Å². The van der Waals surface area contributed by atoms with Crippen LogP contribution in [0.15, 0.2) is 30.5 Å². The zero-order valence-electron chi connectivity index (χ0n) is 14.6. The van der Waals surface area contributed by atoms with Crippen LogP contribution in [0.2, 0.25) is 0 Å². The average Bonchev–Trinajstić information content (AvgIpc) is 3.29. The van der Waals surface area contributed by atoms with Gasteiger partial charge in [-0.05, 0) is 36.5 Å². The number of H-pyrrole nitrogens is 1. The molecule has 1 aliphatic heterocycles. The molecule has 27 heavy (non-hydrogen) atoms. The maximum absolute atomic E-state index is 12.8. The summed E-state index contributed by atoms with van der Waals surface area (Å²) in [6.45, 7) is 1.76. The highest BCUT2D eigenvalue weighted by atomic mass is 19.4. The number of halogens is 3. The molecule has 0 bridgehead atoms. The van der Waals surface area contributed by atoms with Crippen molar-refractivity contribution in [2.24, 2.45) is 11.3 Å². The molecule has 4 rings (SSSR count). The molecule has 0 radical (unpaired) electrons. The molecule has 0 amide bonds. The minimum atomic E-state index is -4.37. The van der Waals surface area contributed by atoms with Crippen LogP contribution in [0, 0.1) is 11.3 Å². The van der Waals surface area contributed by atoms with E-state index in [4.69, 9.17) is 0 Å². The average molecular weight is 379 g/mol. The number of aromatic nitrogens is 2. The molecule has 0 spiro atoms. The number of likely N-dealkylation sites (tertiary alicyclic amines) is 1. The van der Waals surface area contributed by atoms with E-state index in [1.165, 1.54) is 12.1 Å². The van der Waals surface area contributed by atoms with Crippen LogP contribution in [0.3, 0.4) is 0 Å². The molecule has 2 fully saturated rings. The Kier molecular flexibility index (Phi) is 4.25. The first-order valence-corrected chi connectivity index (χ1v) is 8.95. The number of carboxylic acid groups (broad SMARTS) is 1. The van der Waals surface area contributed by atoms with Gasteiger partial charge in [-0.1, -0.05) is 18.6 Å².